The maximum Gasteiger partial charge on any atom is 0.253 e. The van der Waals surface area contributed by atoms with Crippen LogP contribution in [0.2, 0.25) is 15.1 Å². The molecule has 4 nitrogen and oxygen atoms in total. The summed E-state index contributed by atoms with van der Waals surface area (Å²) in [5.41, 5.74) is 0. The molecule has 1 aromatic carbocycles. The van der Waals surface area contributed by atoms with Gasteiger partial charge in [0.2, 0.25) is 5.89 Å². The van der Waals surface area contributed by atoms with Crippen LogP contribution in [0.25, 0.3) is 0 Å². The number of rotatable bonds is 3. The van der Waals surface area contributed by atoms with Crippen LogP contribution in [-0.2, 0) is 6.61 Å². The van der Waals surface area contributed by atoms with Gasteiger partial charge in [0.25, 0.3) is 5.89 Å². The number of hydrogen-bond acceptors (Lipinski definition) is 4. The normalized spacial score (nSPS) is 10.6. The van der Waals surface area contributed by atoms with Gasteiger partial charge in [0.05, 0.1) is 15.1 Å². The monoisotopic (exact) mass is 292 g/mol. The van der Waals surface area contributed by atoms with Crippen LogP contribution in [0.1, 0.15) is 11.8 Å². The van der Waals surface area contributed by atoms with Crippen LogP contribution in [0.5, 0.6) is 5.75 Å². The average Bonchev–Trinajstić information content (AvgIpc) is 2.68. The van der Waals surface area contributed by atoms with Crippen molar-refractivity contribution >= 4 is 34.8 Å². The van der Waals surface area contributed by atoms with E-state index in [2.05, 4.69) is 10.2 Å². The zero-order valence-corrected chi connectivity index (χ0v) is 11.0. The molecule has 0 amide bonds. The van der Waals surface area contributed by atoms with E-state index in [9.17, 15) is 0 Å². The van der Waals surface area contributed by atoms with E-state index in [-0.39, 0.29) is 6.61 Å². The predicted octanol–water partition coefficient (Wildman–Crippen LogP) is 3.92. The Bertz CT molecular complexity index is 542. The fourth-order valence-electron chi connectivity index (χ4n) is 1.15. The van der Waals surface area contributed by atoms with Gasteiger partial charge >= 0.3 is 0 Å². The number of benzene rings is 1. The molecule has 2 rings (SSSR count). The first-order valence-corrected chi connectivity index (χ1v) is 5.76. The molecule has 2 aromatic rings. The molecule has 0 saturated heterocycles. The van der Waals surface area contributed by atoms with E-state index < -0.39 is 0 Å². The van der Waals surface area contributed by atoms with Gasteiger partial charge in [0, 0.05) is 13.0 Å². The highest BCUT2D eigenvalue weighted by atomic mass is 35.5. The summed E-state index contributed by atoms with van der Waals surface area (Å²) in [5.74, 6) is 1.25. The van der Waals surface area contributed by atoms with E-state index in [1.807, 2.05) is 0 Å². The zero-order valence-electron chi connectivity index (χ0n) is 8.71. The highest BCUT2D eigenvalue weighted by Crippen LogP contribution is 2.34. The van der Waals surface area contributed by atoms with Crippen LogP contribution < -0.4 is 4.74 Å². The van der Waals surface area contributed by atoms with Gasteiger partial charge < -0.3 is 9.15 Å². The lowest BCUT2D eigenvalue weighted by Crippen LogP contribution is -1.96. The zero-order chi connectivity index (χ0) is 12.4. The molecule has 1 heterocycles. The van der Waals surface area contributed by atoms with Gasteiger partial charge in [-0.15, -0.1) is 10.2 Å². The number of nitrogens with zero attached hydrogens (tertiary/aromatic N) is 2. The van der Waals surface area contributed by atoms with Crippen molar-refractivity contribution in [3.05, 3.63) is 39.0 Å². The van der Waals surface area contributed by atoms with Gasteiger partial charge in [-0.05, 0) is 6.07 Å². The number of aromatic nitrogens is 2. The summed E-state index contributed by atoms with van der Waals surface area (Å²) >= 11 is 17.6. The molecule has 0 N–H and O–H groups in total. The SMILES string of the molecule is Cc1nnc(COc2cc(Cl)c(Cl)cc2Cl)o1. The average molecular weight is 294 g/mol. The Balaban J connectivity index is 2.11. The molecule has 0 aliphatic carbocycles. The molecule has 0 saturated carbocycles. The third-order valence-corrected chi connectivity index (χ3v) is 2.91. The van der Waals surface area contributed by atoms with Gasteiger partial charge in [-0.25, -0.2) is 0 Å². The van der Waals surface area contributed by atoms with Crippen LogP contribution in [-0.4, -0.2) is 10.2 Å². The van der Waals surface area contributed by atoms with Gasteiger partial charge in [0.1, 0.15) is 5.75 Å². The van der Waals surface area contributed by atoms with Crippen LogP contribution in [0, 0.1) is 6.92 Å². The maximum atomic E-state index is 5.94. The number of halogens is 3. The minimum Gasteiger partial charge on any atom is -0.482 e. The third-order valence-electron chi connectivity index (χ3n) is 1.89. The Morgan fingerprint density at radius 3 is 2.47 bits per heavy atom. The molecule has 0 fully saturated rings. The summed E-state index contributed by atoms with van der Waals surface area (Å²) in [6, 6.07) is 3.05. The lowest BCUT2D eigenvalue weighted by molar-refractivity contribution is 0.260. The van der Waals surface area contributed by atoms with Gasteiger partial charge in [-0.3, -0.25) is 0 Å². The molecule has 7 heteroatoms. The van der Waals surface area contributed by atoms with Crippen LogP contribution in [0.3, 0.4) is 0 Å². The molecule has 0 spiro atoms. The molecule has 90 valence electrons. The number of ether oxygens (including phenoxy) is 1. The topological polar surface area (TPSA) is 48.2 Å². The lowest BCUT2D eigenvalue weighted by atomic mass is 10.3. The Hall–Kier alpha value is -0.970. The van der Waals surface area contributed by atoms with Crippen molar-refractivity contribution in [2.75, 3.05) is 0 Å². The molecule has 0 bridgehead atoms. The lowest BCUT2D eigenvalue weighted by Gasteiger charge is -2.07. The molecule has 0 atom stereocenters. The first-order chi connectivity index (χ1) is 8.06. The van der Waals surface area contributed by atoms with E-state index in [1.165, 1.54) is 12.1 Å². The molecular weight excluding hydrogens is 286 g/mol. The summed E-state index contributed by atoms with van der Waals surface area (Å²) < 4.78 is 10.6. The van der Waals surface area contributed by atoms with Crippen molar-refractivity contribution < 1.29 is 9.15 Å². The fraction of sp³-hybridized carbons (Fsp3) is 0.200. The van der Waals surface area contributed by atoms with Gasteiger partial charge in [-0.1, -0.05) is 34.8 Å². The number of aryl methyl sites for hydroxylation is 1. The number of hydrogen-bond donors (Lipinski definition) is 0. The minimum atomic E-state index is 0.124. The third kappa shape index (κ3) is 3.03. The first-order valence-electron chi connectivity index (χ1n) is 4.62. The molecule has 17 heavy (non-hydrogen) atoms. The Morgan fingerprint density at radius 1 is 1.12 bits per heavy atom. The molecule has 0 aliphatic heterocycles. The van der Waals surface area contributed by atoms with Crippen molar-refractivity contribution in [1.82, 2.24) is 10.2 Å². The molecule has 0 unspecified atom stereocenters. The van der Waals surface area contributed by atoms with E-state index in [0.717, 1.165) is 0 Å². The minimum absolute atomic E-state index is 0.124. The molecular formula is C10H7Cl3N2O2. The summed E-state index contributed by atoms with van der Waals surface area (Å²) in [4.78, 5) is 0. The van der Waals surface area contributed by atoms with E-state index in [1.54, 1.807) is 6.92 Å². The summed E-state index contributed by atoms with van der Waals surface area (Å²) in [5, 5.41) is 8.57. The van der Waals surface area contributed by atoms with Gasteiger partial charge in [0.15, 0.2) is 6.61 Å². The Kier molecular flexibility index (Phi) is 3.76. The standard InChI is InChI=1S/C10H7Cl3N2O2/c1-5-14-15-10(17-5)4-16-9-3-7(12)6(11)2-8(9)13/h2-3H,4H2,1H3. The second kappa shape index (κ2) is 5.12. The van der Waals surface area contributed by atoms with E-state index in [0.29, 0.717) is 32.6 Å². The maximum absolute atomic E-state index is 5.94. The van der Waals surface area contributed by atoms with Crippen LogP contribution in [0.15, 0.2) is 16.5 Å². The van der Waals surface area contributed by atoms with Crippen molar-refractivity contribution in [2.45, 2.75) is 13.5 Å². The smallest absolute Gasteiger partial charge is 0.253 e. The van der Waals surface area contributed by atoms with E-state index in [4.69, 9.17) is 44.0 Å². The summed E-state index contributed by atoms with van der Waals surface area (Å²) in [6.45, 7) is 1.82. The van der Waals surface area contributed by atoms with Crippen molar-refractivity contribution in [1.29, 1.82) is 0 Å². The Labute approximate surface area is 112 Å². The van der Waals surface area contributed by atoms with Crippen molar-refractivity contribution in [2.24, 2.45) is 0 Å². The first kappa shape index (κ1) is 12.5. The summed E-state index contributed by atoms with van der Waals surface area (Å²) in [6.07, 6.45) is 0. The fourth-order valence-corrected chi connectivity index (χ4v) is 1.74. The van der Waals surface area contributed by atoms with Crippen molar-refractivity contribution in [3.63, 3.8) is 0 Å². The van der Waals surface area contributed by atoms with Crippen LogP contribution >= 0.6 is 34.8 Å². The highest BCUT2D eigenvalue weighted by Gasteiger charge is 2.09. The molecule has 0 aliphatic rings. The van der Waals surface area contributed by atoms with E-state index >= 15 is 0 Å². The summed E-state index contributed by atoms with van der Waals surface area (Å²) in [7, 11) is 0. The highest BCUT2D eigenvalue weighted by molar-refractivity contribution is 6.43. The largest absolute Gasteiger partial charge is 0.482 e. The van der Waals surface area contributed by atoms with Gasteiger partial charge in [-0.2, -0.15) is 0 Å². The molecule has 1 aromatic heterocycles. The molecule has 0 radical (unpaired) electrons. The second-order valence-electron chi connectivity index (χ2n) is 3.20. The van der Waals surface area contributed by atoms with Crippen LogP contribution in [0.4, 0.5) is 0 Å². The predicted molar refractivity (Wildman–Crippen MR) is 64.8 cm³/mol. The van der Waals surface area contributed by atoms with Crippen molar-refractivity contribution in [3.8, 4) is 5.75 Å². The second-order valence-corrected chi connectivity index (χ2v) is 4.42. The Morgan fingerprint density at radius 2 is 1.82 bits per heavy atom. The quantitative estimate of drug-likeness (QED) is 0.805.